The van der Waals surface area contributed by atoms with Crippen LogP contribution in [-0.2, 0) is 9.59 Å². The van der Waals surface area contributed by atoms with Crippen molar-refractivity contribution in [2.75, 3.05) is 26.2 Å². The maximum atomic E-state index is 12.6. The molecule has 0 spiro atoms. The molecular formula is C21H32N2O3S. The van der Waals surface area contributed by atoms with E-state index in [2.05, 4.69) is 18.7 Å². The standard InChI is InChI=1S/C21H32N2O3S/c1-4-6-11-22(12-7-5-2)13-9-14-23-19(17-10-8-15-27-17)18(16(3)24)20(25)21(23)26/h8,10,15,19,25H,4-7,9,11-14H2,1-3H3/t19-/m1/s1. The zero-order valence-electron chi connectivity index (χ0n) is 16.7. The molecule has 0 aliphatic carbocycles. The molecule has 1 amide bonds. The molecule has 5 nitrogen and oxygen atoms in total. The highest BCUT2D eigenvalue weighted by Gasteiger charge is 2.42. The SMILES string of the molecule is CCCCN(CCCC)CCCN1C(=O)C(O)=C(C(C)=O)[C@H]1c1cccs1. The third-order valence-electron chi connectivity index (χ3n) is 5.02. The number of aliphatic hydroxyl groups is 1. The average Bonchev–Trinajstić information content (AvgIpc) is 3.25. The van der Waals surface area contributed by atoms with E-state index < -0.39 is 11.9 Å². The molecule has 0 saturated carbocycles. The van der Waals surface area contributed by atoms with Gasteiger partial charge >= 0.3 is 0 Å². The van der Waals surface area contributed by atoms with Crippen LogP contribution >= 0.6 is 11.3 Å². The Hall–Kier alpha value is -1.66. The quantitative estimate of drug-likeness (QED) is 0.575. The fraction of sp³-hybridized carbons (Fsp3) is 0.619. The van der Waals surface area contributed by atoms with Crippen molar-refractivity contribution < 1.29 is 14.7 Å². The number of carbonyl (C=O) groups excluding carboxylic acids is 2. The molecule has 2 heterocycles. The van der Waals surface area contributed by atoms with Gasteiger partial charge in [0, 0.05) is 11.4 Å². The highest BCUT2D eigenvalue weighted by molar-refractivity contribution is 7.10. The van der Waals surface area contributed by atoms with E-state index in [1.54, 1.807) is 4.90 Å². The number of ketones is 1. The van der Waals surface area contributed by atoms with Gasteiger partial charge in [0.05, 0.1) is 11.6 Å². The van der Waals surface area contributed by atoms with Gasteiger partial charge in [-0.3, -0.25) is 9.59 Å². The lowest BCUT2D eigenvalue weighted by Gasteiger charge is -2.27. The fourth-order valence-electron chi connectivity index (χ4n) is 3.55. The second kappa shape index (κ2) is 10.6. The Kier molecular flexibility index (Phi) is 8.51. The summed E-state index contributed by atoms with van der Waals surface area (Å²) in [6.07, 6.45) is 5.54. The minimum Gasteiger partial charge on any atom is -0.503 e. The van der Waals surface area contributed by atoms with Gasteiger partial charge in [-0.1, -0.05) is 32.8 Å². The molecule has 150 valence electrons. The molecule has 0 bridgehead atoms. The Balaban J connectivity index is 2.05. The van der Waals surface area contributed by atoms with Gasteiger partial charge in [0.1, 0.15) is 0 Å². The van der Waals surface area contributed by atoms with Crippen LogP contribution in [0.2, 0.25) is 0 Å². The van der Waals surface area contributed by atoms with Crippen LogP contribution in [0.5, 0.6) is 0 Å². The molecule has 1 aromatic rings. The lowest BCUT2D eigenvalue weighted by Crippen LogP contribution is -2.34. The van der Waals surface area contributed by atoms with Gasteiger partial charge in [-0.25, -0.2) is 0 Å². The monoisotopic (exact) mass is 392 g/mol. The van der Waals surface area contributed by atoms with E-state index in [1.165, 1.54) is 43.9 Å². The van der Waals surface area contributed by atoms with Crippen molar-refractivity contribution in [3.8, 4) is 0 Å². The molecule has 1 atom stereocenters. The van der Waals surface area contributed by atoms with Crippen LogP contribution in [0.4, 0.5) is 0 Å². The molecule has 0 saturated heterocycles. The summed E-state index contributed by atoms with van der Waals surface area (Å²) < 4.78 is 0. The number of carbonyl (C=O) groups is 2. The number of unbranched alkanes of at least 4 members (excludes halogenated alkanes) is 2. The largest absolute Gasteiger partial charge is 0.503 e. The van der Waals surface area contributed by atoms with Crippen molar-refractivity contribution in [1.82, 2.24) is 9.80 Å². The first-order valence-electron chi connectivity index (χ1n) is 10.0. The molecule has 0 fully saturated rings. The number of thiophene rings is 1. The second-order valence-corrected chi connectivity index (χ2v) is 8.12. The first-order chi connectivity index (χ1) is 13.0. The molecule has 1 aromatic heterocycles. The third-order valence-corrected chi connectivity index (χ3v) is 5.95. The van der Waals surface area contributed by atoms with E-state index in [1.807, 2.05) is 17.5 Å². The van der Waals surface area contributed by atoms with Crippen LogP contribution < -0.4 is 0 Å². The minimum atomic E-state index is -0.449. The number of aliphatic hydroxyl groups excluding tert-OH is 1. The van der Waals surface area contributed by atoms with Crippen molar-refractivity contribution in [2.24, 2.45) is 0 Å². The van der Waals surface area contributed by atoms with Gasteiger partial charge in [-0.2, -0.15) is 0 Å². The summed E-state index contributed by atoms with van der Waals surface area (Å²) in [6.45, 7) is 9.45. The number of hydrogen-bond donors (Lipinski definition) is 1. The predicted molar refractivity (Wildman–Crippen MR) is 110 cm³/mol. The highest BCUT2D eigenvalue weighted by Crippen LogP contribution is 2.39. The van der Waals surface area contributed by atoms with E-state index in [9.17, 15) is 14.7 Å². The summed E-state index contributed by atoms with van der Waals surface area (Å²) in [5.74, 6) is -1.05. The topological polar surface area (TPSA) is 60.9 Å². The van der Waals surface area contributed by atoms with Crippen LogP contribution in [0.3, 0.4) is 0 Å². The first-order valence-corrected chi connectivity index (χ1v) is 10.9. The van der Waals surface area contributed by atoms with Crippen molar-refractivity contribution in [3.63, 3.8) is 0 Å². The fourth-order valence-corrected chi connectivity index (χ4v) is 4.40. The number of amides is 1. The Bertz CT molecular complexity index is 646. The van der Waals surface area contributed by atoms with E-state index in [4.69, 9.17) is 0 Å². The van der Waals surface area contributed by atoms with Crippen LogP contribution in [0.25, 0.3) is 0 Å². The highest BCUT2D eigenvalue weighted by atomic mass is 32.1. The average molecular weight is 393 g/mol. The summed E-state index contributed by atoms with van der Waals surface area (Å²) >= 11 is 1.51. The first kappa shape index (κ1) is 21.6. The van der Waals surface area contributed by atoms with Gasteiger partial charge < -0.3 is 14.9 Å². The zero-order valence-corrected chi connectivity index (χ0v) is 17.6. The maximum Gasteiger partial charge on any atom is 0.290 e. The van der Waals surface area contributed by atoms with E-state index in [0.717, 1.165) is 30.9 Å². The van der Waals surface area contributed by atoms with Gasteiger partial charge in [0.2, 0.25) is 0 Å². The van der Waals surface area contributed by atoms with Gasteiger partial charge in [0.25, 0.3) is 5.91 Å². The molecule has 2 rings (SSSR count). The summed E-state index contributed by atoms with van der Waals surface area (Å²) in [7, 11) is 0. The number of Topliss-reactive ketones (excluding diaryl/α,β-unsaturated/α-hetero) is 1. The number of nitrogens with zero attached hydrogens (tertiary/aromatic N) is 2. The van der Waals surface area contributed by atoms with Crippen molar-refractivity contribution in [2.45, 2.75) is 58.9 Å². The van der Waals surface area contributed by atoms with Crippen molar-refractivity contribution in [3.05, 3.63) is 33.7 Å². The van der Waals surface area contributed by atoms with Crippen LogP contribution in [0.1, 0.15) is 63.8 Å². The van der Waals surface area contributed by atoms with Gasteiger partial charge in [-0.15, -0.1) is 11.3 Å². The summed E-state index contributed by atoms with van der Waals surface area (Å²) in [5, 5.41) is 12.2. The van der Waals surface area contributed by atoms with Crippen LogP contribution in [-0.4, -0.2) is 52.8 Å². The Labute approximate surface area is 166 Å². The predicted octanol–water partition coefficient (Wildman–Crippen LogP) is 4.32. The molecule has 6 heteroatoms. The summed E-state index contributed by atoms with van der Waals surface area (Å²) in [4.78, 5) is 29.7. The molecule has 0 unspecified atom stereocenters. The molecule has 1 aliphatic rings. The molecule has 27 heavy (non-hydrogen) atoms. The Morgan fingerprint density at radius 3 is 2.33 bits per heavy atom. The van der Waals surface area contributed by atoms with E-state index >= 15 is 0 Å². The molecular weight excluding hydrogens is 360 g/mol. The number of hydrogen-bond acceptors (Lipinski definition) is 5. The van der Waals surface area contributed by atoms with Crippen molar-refractivity contribution >= 4 is 23.0 Å². The third kappa shape index (κ3) is 5.42. The Morgan fingerprint density at radius 2 is 1.81 bits per heavy atom. The molecule has 1 N–H and O–H groups in total. The Morgan fingerprint density at radius 1 is 1.19 bits per heavy atom. The normalized spacial score (nSPS) is 17.4. The molecule has 1 aliphatic heterocycles. The lowest BCUT2D eigenvalue weighted by molar-refractivity contribution is -0.129. The lowest BCUT2D eigenvalue weighted by atomic mass is 10.0. The second-order valence-electron chi connectivity index (χ2n) is 7.14. The van der Waals surface area contributed by atoms with E-state index in [-0.39, 0.29) is 17.1 Å². The van der Waals surface area contributed by atoms with Gasteiger partial charge in [0.15, 0.2) is 11.5 Å². The molecule has 0 aromatic carbocycles. The molecule has 0 radical (unpaired) electrons. The smallest absolute Gasteiger partial charge is 0.290 e. The number of rotatable bonds is 12. The summed E-state index contributed by atoms with van der Waals surface area (Å²) in [5.41, 5.74) is 0.233. The van der Waals surface area contributed by atoms with Crippen molar-refractivity contribution in [1.29, 1.82) is 0 Å². The maximum absolute atomic E-state index is 12.6. The summed E-state index contributed by atoms with van der Waals surface area (Å²) in [6, 6.07) is 3.38. The van der Waals surface area contributed by atoms with Crippen LogP contribution in [0.15, 0.2) is 28.8 Å². The van der Waals surface area contributed by atoms with E-state index in [0.29, 0.717) is 6.54 Å². The zero-order chi connectivity index (χ0) is 19.8. The van der Waals surface area contributed by atoms with Crippen LogP contribution in [0, 0.1) is 0 Å². The van der Waals surface area contributed by atoms with Gasteiger partial charge in [-0.05, 0) is 57.3 Å². The minimum absolute atomic E-state index is 0.233.